The molecular formula is C11H20N2S. The molecule has 1 heterocycles. The van der Waals surface area contributed by atoms with E-state index in [9.17, 15) is 0 Å². The van der Waals surface area contributed by atoms with Gasteiger partial charge in [0.25, 0.3) is 0 Å². The smallest absolute Gasteiger partial charge is 0.156 e. The van der Waals surface area contributed by atoms with Gasteiger partial charge in [0.15, 0.2) is 5.17 Å². The lowest BCUT2D eigenvalue weighted by Gasteiger charge is -2.27. The van der Waals surface area contributed by atoms with Crippen molar-refractivity contribution in [1.29, 1.82) is 0 Å². The Morgan fingerprint density at radius 2 is 2.29 bits per heavy atom. The molecule has 2 aliphatic rings. The van der Waals surface area contributed by atoms with E-state index >= 15 is 0 Å². The van der Waals surface area contributed by atoms with E-state index < -0.39 is 0 Å². The maximum absolute atomic E-state index is 4.58. The van der Waals surface area contributed by atoms with Gasteiger partial charge in [-0.25, -0.2) is 0 Å². The molecule has 2 nitrogen and oxygen atoms in total. The summed E-state index contributed by atoms with van der Waals surface area (Å²) in [6, 6.07) is 0. The second-order valence-electron chi connectivity index (χ2n) is 5.43. The van der Waals surface area contributed by atoms with E-state index in [0.29, 0.717) is 5.41 Å². The Balaban J connectivity index is 1.74. The first-order valence-corrected chi connectivity index (χ1v) is 6.46. The second-order valence-corrected chi connectivity index (χ2v) is 6.39. The summed E-state index contributed by atoms with van der Waals surface area (Å²) in [7, 11) is 0. The molecule has 14 heavy (non-hydrogen) atoms. The van der Waals surface area contributed by atoms with Crippen molar-refractivity contribution in [3.8, 4) is 0 Å². The number of nitrogens with one attached hydrogen (secondary N) is 1. The molecule has 0 aromatic heterocycles. The van der Waals surface area contributed by atoms with Gasteiger partial charge in [0.1, 0.15) is 0 Å². The van der Waals surface area contributed by atoms with E-state index in [1.807, 2.05) is 11.8 Å². The number of aliphatic imine (C=N–C) groups is 1. The van der Waals surface area contributed by atoms with Gasteiger partial charge in [0.2, 0.25) is 0 Å². The molecule has 0 aromatic rings. The third kappa shape index (κ3) is 2.66. The first kappa shape index (κ1) is 10.3. The van der Waals surface area contributed by atoms with Crippen LogP contribution >= 0.6 is 11.8 Å². The minimum absolute atomic E-state index is 0.392. The van der Waals surface area contributed by atoms with Crippen LogP contribution in [0.3, 0.4) is 0 Å². The molecule has 1 aliphatic heterocycles. The minimum Gasteiger partial charge on any atom is -0.365 e. The van der Waals surface area contributed by atoms with Crippen molar-refractivity contribution in [3.63, 3.8) is 0 Å². The predicted octanol–water partition coefficient (Wildman–Crippen LogP) is 2.36. The Kier molecular flexibility index (Phi) is 2.78. The molecule has 1 saturated carbocycles. The van der Waals surface area contributed by atoms with E-state index in [2.05, 4.69) is 31.1 Å². The first-order valence-electron chi connectivity index (χ1n) is 5.48. The monoisotopic (exact) mass is 212 g/mol. The Hall–Kier alpha value is -0.180. The van der Waals surface area contributed by atoms with Crippen LogP contribution < -0.4 is 5.32 Å². The zero-order valence-corrected chi connectivity index (χ0v) is 10.2. The fourth-order valence-corrected chi connectivity index (χ4v) is 2.61. The molecule has 0 radical (unpaired) electrons. The Bertz CT molecular complexity index is 248. The quantitative estimate of drug-likeness (QED) is 0.760. The highest BCUT2D eigenvalue weighted by Crippen LogP contribution is 2.37. The van der Waals surface area contributed by atoms with Crippen molar-refractivity contribution < 1.29 is 0 Å². The Morgan fingerprint density at radius 1 is 1.57 bits per heavy atom. The second kappa shape index (κ2) is 3.76. The van der Waals surface area contributed by atoms with Gasteiger partial charge in [0.05, 0.1) is 0 Å². The van der Waals surface area contributed by atoms with E-state index in [-0.39, 0.29) is 0 Å². The van der Waals surface area contributed by atoms with Crippen LogP contribution in [0.1, 0.15) is 27.2 Å². The van der Waals surface area contributed by atoms with Crippen molar-refractivity contribution >= 4 is 16.9 Å². The average Bonchev–Trinajstić information content (AvgIpc) is 2.80. The van der Waals surface area contributed by atoms with Crippen molar-refractivity contribution in [1.82, 2.24) is 5.32 Å². The number of nitrogens with zero attached hydrogens (tertiary/aromatic N) is 1. The van der Waals surface area contributed by atoms with Crippen LogP contribution in [-0.2, 0) is 0 Å². The molecule has 2 unspecified atom stereocenters. The third-order valence-corrected chi connectivity index (χ3v) is 4.51. The molecule has 3 heteroatoms. The van der Waals surface area contributed by atoms with Gasteiger partial charge in [-0.3, -0.25) is 4.99 Å². The fourth-order valence-electron chi connectivity index (χ4n) is 1.65. The molecule has 0 bridgehead atoms. The normalized spacial score (nSPS) is 34.9. The molecule has 80 valence electrons. The number of hydrogen-bond donors (Lipinski definition) is 1. The summed E-state index contributed by atoms with van der Waals surface area (Å²) < 4.78 is 0. The van der Waals surface area contributed by atoms with Crippen molar-refractivity contribution in [2.45, 2.75) is 27.2 Å². The van der Waals surface area contributed by atoms with Crippen LogP contribution in [0.5, 0.6) is 0 Å². The number of rotatable bonds is 2. The van der Waals surface area contributed by atoms with Crippen molar-refractivity contribution in [2.24, 2.45) is 22.2 Å². The number of amidine groups is 1. The standard InChI is InChI=1S/C11H20N2S/c1-8-4-9(8)5-12-10-13-6-11(2,3)7-14-10/h8-9H,4-7H2,1-3H3,(H,12,13). The summed E-state index contributed by atoms with van der Waals surface area (Å²) in [5.41, 5.74) is 0.392. The van der Waals surface area contributed by atoms with E-state index in [1.165, 1.54) is 17.3 Å². The molecule has 0 amide bonds. The molecule has 1 N–H and O–H groups in total. The topological polar surface area (TPSA) is 24.4 Å². The van der Waals surface area contributed by atoms with E-state index in [4.69, 9.17) is 0 Å². The number of hydrogen-bond acceptors (Lipinski definition) is 3. The van der Waals surface area contributed by atoms with Crippen LogP contribution in [0.2, 0.25) is 0 Å². The highest BCUT2D eigenvalue weighted by molar-refractivity contribution is 8.13. The summed E-state index contributed by atoms with van der Waals surface area (Å²) >= 11 is 1.88. The third-order valence-electron chi connectivity index (χ3n) is 3.04. The maximum Gasteiger partial charge on any atom is 0.156 e. The molecule has 0 aromatic carbocycles. The largest absolute Gasteiger partial charge is 0.365 e. The molecule has 2 rings (SSSR count). The summed E-state index contributed by atoms with van der Waals surface area (Å²) in [6.07, 6.45) is 1.40. The zero-order valence-electron chi connectivity index (χ0n) is 9.34. The van der Waals surface area contributed by atoms with Gasteiger partial charge in [-0.15, -0.1) is 0 Å². The van der Waals surface area contributed by atoms with Crippen LogP contribution in [0.25, 0.3) is 0 Å². The summed E-state index contributed by atoms with van der Waals surface area (Å²) in [5.74, 6) is 3.04. The highest BCUT2D eigenvalue weighted by atomic mass is 32.2. The number of thioether (sulfide) groups is 1. The lowest BCUT2D eigenvalue weighted by atomic mass is 9.97. The summed E-state index contributed by atoms with van der Waals surface area (Å²) in [6.45, 7) is 8.99. The van der Waals surface area contributed by atoms with Crippen molar-refractivity contribution in [3.05, 3.63) is 0 Å². The fraction of sp³-hybridized carbons (Fsp3) is 0.909. The average molecular weight is 212 g/mol. The Labute approximate surface area is 90.9 Å². The van der Waals surface area contributed by atoms with Gasteiger partial charge in [0, 0.05) is 18.8 Å². The lowest BCUT2D eigenvalue weighted by molar-refractivity contribution is 0.436. The molecule has 1 fully saturated rings. The van der Waals surface area contributed by atoms with Gasteiger partial charge in [-0.2, -0.15) is 0 Å². The minimum atomic E-state index is 0.392. The van der Waals surface area contributed by atoms with Gasteiger partial charge in [-0.1, -0.05) is 32.5 Å². The van der Waals surface area contributed by atoms with E-state index in [0.717, 1.165) is 24.9 Å². The maximum atomic E-state index is 4.58. The molecular weight excluding hydrogens is 192 g/mol. The summed E-state index contributed by atoms with van der Waals surface area (Å²) in [4.78, 5) is 4.58. The van der Waals surface area contributed by atoms with Crippen LogP contribution in [-0.4, -0.2) is 24.0 Å². The van der Waals surface area contributed by atoms with Gasteiger partial charge >= 0.3 is 0 Å². The van der Waals surface area contributed by atoms with Crippen LogP contribution in [0, 0.1) is 17.3 Å². The zero-order chi connectivity index (χ0) is 10.2. The summed E-state index contributed by atoms with van der Waals surface area (Å²) in [5, 5.41) is 4.63. The lowest BCUT2D eigenvalue weighted by Crippen LogP contribution is -2.32. The first-order chi connectivity index (χ1) is 6.57. The predicted molar refractivity (Wildman–Crippen MR) is 63.8 cm³/mol. The van der Waals surface area contributed by atoms with Crippen LogP contribution in [0.4, 0.5) is 0 Å². The molecule has 0 saturated heterocycles. The van der Waals surface area contributed by atoms with Gasteiger partial charge < -0.3 is 5.32 Å². The SMILES string of the molecule is CC1CC1CNC1=NCC(C)(C)CS1. The molecule has 1 aliphatic carbocycles. The Morgan fingerprint density at radius 3 is 2.79 bits per heavy atom. The van der Waals surface area contributed by atoms with Crippen molar-refractivity contribution in [2.75, 3.05) is 18.8 Å². The van der Waals surface area contributed by atoms with E-state index in [1.54, 1.807) is 0 Å². The van der Waals surface area contributed by atoms with Gasteiger partial charge in [-0.05, 0) is 23.7 Å². The molecule has 0 spiro atoms. The highest BCUT2D eigenvalue weighted by Gasteiger charge is 2.32. The molecule has 2 atom stereocenters. The van der Waals surface area contributed by atoms with Crippen LogP contribution in [0.15, 0.2) is 4.99 Å².